The molecule has 0 radical (unpaired) electrons. The summed E-state index contributed by atoms with van der Waals surface area (Å²) in [5, 5.41) is 2.83. The number of hydrogen-bond acceptors (Lipinski definition) is 5. The van der Waals surface area contributed by atoms with Crippen LogP contribution in [0.2, 0.25) is 0 Å². The highest BCUT2D eigenvalue weighted by Crippen LogP contribution is 2.34. The smallest absolute Gasteiger partial charge is 0.253 e. The maximum absolute atomic E-state index is 12.7. The van der Waals surface area contributed by atoms with Crippen LogP contribution in [0.5, 0.6) is 0 Å². The Morgan fingerprint density at radius 1 is 1.22 bits per heavy atom. The van der Waals surface area contributed by atoms with Crippen molar-refractivity contribution in [2.75, 3.05) is 37.4 Å². The fourth-order valence-electron chi connectivity index (χ4n) is 3.23. The van der Waals surface area contributed by atoms with Crippen molar-refractivity contribution in [1.29, 1.82) is 0 Å². The molecule has 1 spiro atoms. The van der Waals surface area contributed by atoms with E-state index in [0.29, 0.717) is 50.5 Å². The topological polar surface area (TPSA) is 67.9 Å². The number of fused-ring (bicyclic) bond motifs is 1. The van der Waals surface area contributed by atoms with Gasteiger partial charge in [0.15, 0.2) is 5.79 Å². The molecule has 6 nitrogen and oxygen atoms in total. The van der Waals surface area contributed by atoms with Crippen molar-refractivity contribution in [3.63, 3.8) is 0 Å². The van der Waals surface area contributed by atoms with Crippen LogP contribution in [0.4, 0.5) is 5.69 Å². The Morgan fingerprint density at radius 2 is 1.96 bits per heavy atom. The third-order valence-corrected chi connectivity index (χ3v) is 5.56. The summed E-state index contributed by atoms with van der Waals surface area (Å²) in [7, 11) is 0. The molecule has 0 bridgehead atoms. The molecule has 1 N–H and O–H groups in total. The third-order valence-electron chi connectivity index (χ3n) is 4.49. The maximum Gasteiger partial charge on any atom is 0.253 e. The van der Waals surface area contributed by atoms with E-state index in [-0.39, 0.29) is 11.8 Å². The van der Waals surface area contributed by atoms with Crippen LogP contribution in [0.25, 0.3) is 0 Å². The normalized spacial score (nSPS) is 22.8. The third kappa shape index (κ3) is 2.84. The van der Waals surface area contributed by atoms with E-state index in [4.69, 9.17) is 9.47 Å². The van der Waals surface area contributed by atoms with E-state index < -0.39 is 5.79 Å². The summed E-state index contributed by atoms with van der Waals surface area (Å²) < 4.78 is 11.4. The van der Waals surface area contributed by atoms with Gasteiger partial charge in [0.1, 0.15) is 0 Å². The first kappa shape index (κ1) is 15.0. The number of likely N-dealkylation sites (tertiary alicyclic amines) is 1. The number of nitrogens with zero attached hydrogens (tertiary/aromatic N) is 1. The second-order valence-corrected chi connectivity index (χ2v) is 6.96. The number of carbonyl (C=O) groups is 2. The molecule has 3 aliphatic heterocycles. The number of hydrogen-bond donors (Lipinski definition) is 1. The van der Waals surface area contributed by atoms with Gasteiger partial charge in [-0.05, 0) is 18.2 Å². The van der Waals surface area contributed by atoms with Gasteiger partial charge in [-0.3, -0.25) is 9.59 Å². The van der Waals surface area contributed by atoms with Crippen LogP contribution in [-0.2, 0) is 14.3 Å². The van der Waals surface area contributed by atoms with Gasteiger partial charge >= 0.3 is 0 Å². The lowest BCUT2D eigenvalue weighted by molar-refractivity contribution is -0.181. The highest BCUT2D eigenvalue weighted by atomic mass is 32.2. The molecule has 4 rings (SSSR count). The quantitative estimate of drug-likeness (QED) is 0.847. The van der Waals surface area contributed by atoms with Crippen molar-refractivity contribution in [3.05, 3.63) is 23.8 Å². The number of thioether (sulfide) groups is 1. The maximum atomic E-state index is 12.7. The molecule has 0 aromatic heterocycles. The molecule has 0 unspecified atom stereocenters. The molecular weight excluding hydrogens is 316 g/mol. The van der Waals surface area contributed by atoms with Crippen LogP contribution in [0.1, 0.15) is 23.2 Å². The molecule has 122 valence electrons. The average Bonchev–Trinajstić information content (AvgIpc) is 3.02. The van der Waals surface area contributed by atoms with E-state index in [2.05, 4.69) is 5.32 Å². The highest BCUT2D eigenvalue weighted by Gasteiger charge is 2.40. The Labute approximate surface area is 138 Å². The minimum absolute atomic E-state index is 0.00882. The predicted octanol–water partition coefficient (Wildman–Crippen LogP) is 1.71. The van der Waals surface area contributed by atoms with Crippen LogP contribution in [0, 0.1) is 0 Å². The molecular formula is C16H18N2O4S. The first-order valence-corrected chi connectivity index (χ1v) is 8.78. The number of carbonyl (C=O) groups excluding carboxylic acids is 2. The number of ether oxygens (including phenoxy) is 2. The zero-order chi connectivity index (χ0) is 15.9. The summed E-state index contributed by atoms with van der Waals surface area (Å²) in [6.45, 7) is 2.51. The molecule has 1 aromatic rings. The summed E-state index contributed by atoms with van der Waals surface area (Å²) >= 11 is 1.50. The molecule has 23 heavy (non-hydrogen) atoms. The number of benzene rings is 1. The zero-order valence-electron chi connectivity index (χ0n) is 12.7. The van der Waals surface area contributed by atoms with Crippen molar-refractivity contribution in [1.82, 2.24) is 4.90 Å². The van der Waals surface area contributed by atoms with Crippen molar-refractivity contribution < 1.29 is 19.1 Å². The van der Waals surface area contributed by atoms with Crippen LogP contribution < -0.4 is 5.32 Å². The number of anilines is 1. The van der Waals surface area contributed by atoms with Crippen molar-refractivity contribution >= 4 is 29.3 Å². The number of piperidine rings is 1. The average molecular weight is 334 g/mol. The van der Waals surface area contributed by atoms with Gasteiger partial charge in [0.05, 0.1) is 24.7 Å². The fraction of sp³-hybridized carbons (Fsp3) is 0.500. The molecule has 2 saturated heterocycles. The van der Waals surface area contributed by atoms with Gasteiger partial charge in [-0.25, -0.2) is 0 Å². The molecule has 2 fully saturated rings. The summed E-state index contributed by atoms with van der Waals surface area (Å²) in [5.41, 5.74) is 1.34. The minimum Gasteiger partial charge on any atom is -0.347 e. The SMILES string of the molecule is O=C1CSc2ccc(C(=O)N3CCC4(CC3)OCCO4)cc2N1. The molecule has 3 aliphatic rings. The lowest BCUT2D eigenvalue weighted by Gasteiger charge is -2.37. The second kappa shape index (κ2) is 5.81. The van der Waals surface area contributed by atoms with E-state index >= 15 is 0 Å². The van der Waals surface area contributed by atoms with Gasteiger partial charge in [-0.1, -0.05) is 0 Å². The van der Waals surface area contributed by atoms with E-state index in [9.17, 15) is 9.59 Å². The van der Waals surface area contributed by atoms with Crippen LogP contribution >= 0.6 is 11.8 Å². The standard InChI is InChI=1S/C16H18N2O4S/c19-14-10-23-13-2-1-11(9-12(13)17-14)15(20)18-5-3-16(4-6-18)21-7-8-22-16/h1-2,9H,3-8,10H2,(H,17,19). The van der Waals surface area contributed by atoms with E-state index in [1.165, 1.54) is 11.8 Å². The summed E-state index contributed by atoms with van der Waals surface area (Å²) in [6.07, 6.45) is 1.41. The second-order valence-electron chi connectivity index (χ2n) is 5.95. The Morgan fingerprint density at radius 3 is 2.70 bits per heavy atom. The Bertz CT molecular complexity index is 647. The van der Waals surface area contributed by atoms with Crippen molar-refractivity contribution in [3.8, 4) is 0 Å². The first-order valence-electron chi connectivity index (χ1n) is 7.79. The van der Waals surface area contributed by atoms with Gasteiger partial charge in [0, 0.05) is 36.4 Å². The Kier molecular flexibility index (Phi) is 3.79. The molecule has 3 heterocycles. The van der Waals surface area contributed by atoms with Gasteiger partial charge in [0.25, 0.3) is 5.91 Å². The lowest BCUT2D eigenvalue weighted by Crippen LogP contribution is -2.47. The highest BCUT2D eigenvalue weighted by molar-refractivity contribution is 8.00. The fourth-order valence-corrected chi connectivity index (χ4v) is 4.02. The van der Waals surface area contributed by atoms with Crippen molar-refractivity contribution in [2.24, 2.45) is 0 Å². The molecule has 7 heteroatoms. The summed E-state index contributed by atoms with van der Waals surface area (Å²) in [5.74, 6) is -0.0841. The number of nitrogens with one attached hydrogen (secondary N) is 1. The van der Waals surface area contributed by atoms with Crippen LogP contribution in [-0.4, -0.2) is 54.6 Å². The predicted molar refractivity (Wildman–Crippen MR) is 85.6 cm³/mol. The summed E-state index contributed by atoms with van der Waals surface area (Å²) in [6, 6.07) is 5.51. The van der Waals surface area contributed by atoms with E-state index in [1.807, 2.05) is 17.0 Å². The number of amides is 2. The molecule has 1 aromatic carbocycles. The van der Waals surface area contributed by atoms with Crippen LogP contribution in [0.15, 0.2) is 23.1 Å². The van der Waals surface area contributed by atoms with E-state index in [1.54, 1.807) is 6.07 Å². The zero-order valence-corrected chi connectivity index (χ0v) is 13.5. The molecule has 2 amide bonds. The minimum atomic E-state index is -0.475. The van der Waals surface area contributed by atoms with Gasteiger partial charge in [0.2, 0.25) is 5.91 Å². The Hall–Kier alpha value is -1.57. The first-order chi connectivity index (χ1) is 11.2. The molecule has 0 aliphatic carbocycles. The van der Waals surface area contributed by atoms with Gasteiger partial charge in [-0.15, -0.1) is 11.8 Å². The Balaban J connectivity index is 1.47. The monoisotopic (exact) mass is 334 g/mol. The molecule has 0 atom stereocenters. The van der Waals surface area contributed by atoms with Gasteiger partial charge < -0.3 is 19.7 Å². The van der Waals surface area contributed by atoms with Crippen LogP contribution in [0.3, 0.4) is 0 Å². The largest absolute Gasteiger partial charge is 0.347 e. The lowest BCUT2D eigenvalue weighted by atomic mass is 10.0. The van der Waals surface area contributed by atoms with E-state index in [0.717, 1.165) is 10.6 Å². The number of rotatable bonds is 1. The van der Waals surface area contributed by atoms with Crippen molar-refractivity contribution in [2.45, 2.75) is 23.5 Å². The summed E-state index contributed by atoms with van der Waals surface area (Å²) in [4.78, 5) is 27.0. The van der Waals surface area contributed by atoms with Gasteiger partial charge in [-0.2, -0.15) is 0 Å². The molecule has 0 saturated carbocycles.